The minimum Gasteiger partial charge on any atom is -0.438 e. The van der Waals surface area contributed by atoms with Gasteiger partial charge < -0.3 is 15.4 Å². The molecule has 180 valence electrons. The van der Waals surface area contributed by atoms with Crippen molar-refractivity contribution in [3.63, 3.8) is 0 Å². The number of carbonyl (C=O) groups excluding carboxylic acids is 3. The molecule has 2 N–H and O–H groups in total. The van der Waals surface area contributed by atoms with Crippen LogP contribution in [0.15, 0.2) is 24.3 Å². The van der Waals surface area contributed by atoms with Gasteiger partial charge in [0.15, 0.2) is 0 Å². The molecule has 5 rings (SSSR count). The molecule has 5 atom stereocenters. The van der Waals surface area contributed by atoms with Gasteiger partial charge in [0.1, 0.15) is 17.7 Å². The summed E-state index contributed by atoms with van der Waals surface area (Å²) in [4.78, 5) is 40.1. The first kappa shape index (κ1) is 23.0. The summed E-state index contributed by atoms with van der Waals surface area (Å²) in [5, 5.41) is 15.8. The summed E-state index contributed by atoms with van der Waals surface area (Å²) in [5.41, 5.74) is 0.179. The van der Waals surface area contributed by atoms with Crippen molar-refractivity contribution in [1.82, 2.24) is 15.5 Å². The average Bonchev–Trinajstić information content (AvgIpc) is 3.75. The van der Waals surface area contributed by atoms with Crippen LogP contribution in [0.2, 0.25) is 5.02 Å². The molecule has 2 aliphatic carbocycles. The highest BCUT2D eigenvalue weighted by molar-refractivity contribution is 6.30. The van der Waals surface area contributed by atoms with Gasteiger partial charge in [0.05, 0.1) is 6.07 Å². The van der Waals surface area contributed by atoms with Crippen LogP contribution in [-0.2, 0) is 19.9 Å². The zero-order chi connectivity index (χ0) is 23.9. The lowest BCUT2D eigenvalue weighted by atomic mass is 9.91. The zero-order valence-corrected chi connectivity index (χ0v) is 19.7. The number of ether oxygens (including phenoxy) is 1. The van der Waals surface area contributed by atoms with E-state index in [9.17, 15) is 19.6 Å². The quantitative estimate of drug-likeness (QED) is 0.644. The van der Waals surface area contributed by atoms with Crippen molar-refractivity contribution in [1.29, 1.82) is 5.26 Å². The molecule has 9 heteroatoms. The van der Waals surface area contributed by atoms with E-state index in [1.54, 1.807) is 6.07 Å². The zero-order valence-electron chi connectivity index (χ0n) is 19.0. The molecule has 2 saturated carbocycles. The van der Waals surface area contributed by atoms with Crippen molar-refractivity contribution in [2.75, 3.05) is 13.1 Å². The molecule has 0 radical (unpaired) electrons. The topological polar surface area (TPSA) is 112 Å². The number of hydrogen-bond acceptors (Lipinski definition) is 5. The molecule has 4 aliphatic rings. The number of rotatable bonds is 6. The summed E-state index contributed by atoms with van der Waals surface area (Å²) >= 11 is 6.14. The Balaban J connectivity index is 1.26. The monoisotopic (exact) mass is 484 g/mol. The van der Waals surface area contributed by atoms with Gasteiger partial charge in [0, 0.05) is 24.0 Å². The second-order valence-corrected chi connectivity index (χ2v) is 10.5. The Morgan fingerprint density at radius 2 is 2.15 bits per heavy atom. The second kappa shape index (κ2) is 9.10. The van der Waals surface area contributed by atoms with E-state index in [0.717, 1.165) is 31.2 Å². The van der Waals surface area contributed by atoms with Crippen molar-refractivity contribution in [3.05, 3.63) is 34.9 Å². The van der Waals surface area contributed by atoms with Gasteiger partial charge in [0.2, 0.25) is 11.8 Å². The van der Waals surface area contributed by atoms with E-state index in [1.807, 2.05) is 18.2 Å². The van der Waals surface area contributed by atoms with Crippen LogP contribution in [0.5, 0.6) is 0 Å². The third kappa shape index (κ3) is 4.72. The Labute approximate surface area is 203 Å². The number of amides is 3. The summed E-state index contributed by atoms with van der Waals surface area (Å²) in [6.07, 6.45) is 4.34. The van der Waals surface area contributed by atoms with Gasteiger partial charge >= 0.3 is 6.09 Å². The van der Waals surface area contributed by atoms with Crippen molar-refractivity contribution in [3.8, 4) is 6.07 Å². The number of fused-ring (bicyclic) bond motifs is 1. The molecule has 0 unspecified atom stereocenters. The number of piperidine rings is 2. The van der Waals surface area contributed by atoms with Crippen LogP contribution in [0.25, 0.3) is 0 Å². The van der Waals surface area contributed by atoms with Crippen molar-refractivity contribution in [2.45, 2.75) is 62.6 Å². The van der Waals surface area contributed by atoms with E-state index in [0.29, 0.717) is 42.8 Å². The molecule has 0 bridgehead atoms. The lowest BCUT2D eigenvalue weighted by Crippen LogP contribution is -2.55. The first-order valence-electron chi connectivity index (χ1n) is 12.1. The second-order valence-electron chi connectivity index (χ2n) is 10.1. The highest BCUT2D eigenvalue weighted by atomic mass is 35.5. The van der Waals surface area contributed by atoms with Crippen LogP contribution in [-0.4, -0.2) is 48.0 Å². The number of hydrogen-bond donors (Lipinski definition) is 2. The van der Waals surface area contributed by atoms with E-state index in [1.165, 1.54) is 4.90 Å². The molecule has 0 aromatic heterocycles. The molecule has 1 aromatic rings. The molecule has 3 amide bonds. The Morgan fingerprint density at radius 3 is 2.85 bits per heavy atom. The molecular formula is C25H29ClN4O4. The lowest BCUT2D eigenvalue weighted by Gasteiger charge is -2.35. The van der Waals surface area contributed by atoms with Crippen molar-refractivity contribution in [2.24, 2.45) is 17.8 Å². The van der Waals surface area contributed by atoms with Gasteiger partial charge in [-0.3, -0.25) is 14.5 Å². The maximum atomic E-state index is 13.3. The van der Waals surface area contributed by atoms with E-state index >= 15 is 0 Å². The first-order chi connectivity index (χ1) is 16.4. The maximum Gasteiger partial charge on any atom is 0.411 e. The maximum absolute atomic E-state index is 13.3. The number of nitrogens with one attached hydrogen (secondary N) is 2. The number of likely N-dealkylation sites (tertiary alicyclic amines) is 1. The molecule has 2 aliphatic heterocycles. The molecule has 1 aromatic carbocycles. The van der Waals surface area contributed by atoms with Gasteiger partial charge in [-0.2, -0.15) is 5.26 Å². The largest absolute Gasteiger partial charge is 0.438 e. The highest BCUT2D eigenvalue weighted by Gasteiger charge is 2.54. The third-order valence-corrected chi connectivity index (χ3v) is 7.90. The summed E-state index contributed by atoms with van der Waals surface area (Å²) in [5.74, 6) is 0.118. The highest BCUT2D eigenvalue weighted by Crippen LogP contribution is 2.51. The van der Waals surface area contributed by atoms with E-state index in [4.69, 9.17) is 16.3 Å². The molecule has 2 saturated heterocycles. The number of halogens is 1. The number of nitrogens with zero attached hydrogens (tertiary/aromatic N) is 2. The normalized spacial score (nSPS) is 29.6. The molecule has 34 heavy (non-hydrogen) atoms. The minimum absolute atomic E-state index is 0.0693. The van der Waals surface area contributed by atoms with Crippen LogP contribution in [0.4, 0.5) is 4.79 Å². The van der Waals surface area contributed by atoms with Crippen LogP contribution >= 0.6 is 11.6 Å². The summed E-state index contributed by atoms with van der Waals surface area (Å²) in [7, 11) is 0. The Morgan fingerprint density at radius 1 is 1.32 bits per heavy atom. The number of carbonyl (C=O) groups is 3. The van der Waals surface area contributed by atoms with E-state index in [2.05, 4.69) is 16.7 Å². The Kier molecular flexibility index (Phi) is 6.15. The Hall–Kier alpha value is -2.79. The van der Waals surface area contributed by atoms with Gasteiger partial charge in [-0.05, 0) is 74.5 Å². The minimum atomic E-state index is -0.780. The standard InChI is InChI=1S/C25H29ClN4O4/c26-19-5-1-4-18(12-19)25(6-7-25)34-24(33)30-14-17-9-16(17)11-21(30)23(32)29-20(13-27)10-15-3-2-8-28-22(15)31/h1,4-5,12,15-17,20-21H,2-3,6-11,14H2,(H,28,31)(H,29,32)/t15-,16+,17-,20-,21-/m0/s1. The fourth-order valence-corrected chi connectivity index (χ4v) is 5.57. The number of benzene rings is 1. The van der Waals surface area contributed by atoms with Gasteiger partial charge in [-0.25, -0.2) is 4.79 Å². The first-order valence-corrected chi connectivity index (χ1v) is 12.5. The van der Waals surface area contributed by atoms with Gasteiger partial charge in [-0.15, -0.1) is 0 Å². The predicted molar refractivity (Wildman–Crippen MR) is 123 cm³/mol. The lowest BCUT2D eigenvalue weighted by molar-refractivity contribution is -0.130. The molecule has 2 heterocycles. The van der Waals surface area contributed by atoms with Crippen LogP contribution < -0.4 is 10.6 Å². The fraction of sp³-hybridized carbons (Fsp3) is 0.600. The summed E-state index contributed by atoms with van der Waals surface area (Å²) in [6.45, 7) is 1.13. The van der Waals surface area contributed by atoms with E-state index in [-0.39, 0.29) is 24.2 Å². The van der Waals surface area contributed by atoms with Crippen LogP contribution in [0.1, 0.15) is 50.5 Å². The van der Waals surface area contributed by atoms with Crippen LogP contribution in [0.3, 0.4) is 0 Å². The molecule has 8 nitrogen and oxygen atoms in total. The average molecular weight is 485 g/mol. The fourth-order valence-electron chi connectivity index (χ4n) is 5.38. The summed E-state index contributed by atoms with van der Waals surface area (Å²) < 4.78 is 5.97. The van der Waals surface area contributed by atoms with E-state index < -0.39 is 23.8 Å². The number of nitriles is 1. The third-order valence-electron chi connectivity index (χ3n) is 7.67. The summed E-state index contributed by atoms with van der Waals surface area (Å²) in [6, 6.07) is 8.01. The van der Waals surface area contributed by atoms with Crippen LogP contribution in [0, 0.1) is 29.1 Å². The predicted octanol–water partition coefficient (Wildman–Crippen LogP) is 3.10. The SMILES string of the molecule is N#C[C@H](C[C@@H]1CCCNC1=O)NC(=O)[C@@H]1C[C@H]2C[C@H]2CN1C(=O)OC1(c2cccc(Cl)c2)CC1. The van der Waals surface area contributed by atoms with Gasteiger partial charge in [0.25, 0.3) is 0 Å². The Bertz CT molecular complexity index is 1040. The molecule has 4 fully saturated rings. The van der Waals surface area contributed by atoms with Gasteiger partial charge in [-0.1, -0.05) is 23.7 Å². The molecule has 0 spiro atoms. The van der Waals surface area contributed by atoms with Crippen molar-refractivity contribution < 1.29 is 19.1 Å². The van der Waals surface area contributed by atoms with Crippen molar-refractivity contribution >= 4 is 29.5 Å². The smallest absolute Gasteiger partial charge is 0.411 e. The molecular weight excluding hydrogens is 456 g/mol.